The minimum absolute atomic E-state index is 0.106. The average molecular weight is 182 g/mol. The van der Waals surface area contributed by atoms with Crippen LogP contribution in [0.25, 0.3) is 0 Å². The first-order valence-corrected chi connectivity index (χ1v) is 5.02. The van der Waals surface area contributed by atoms with Gasteiger partial charge in [0.2, 0.25) is 5.91 Å². The number of amides is 1. The summed E-state index contributed by atoms with van der Waals surface area (Å²) in [6, 6.07) is 0.602. The van der Waals surface area contributed by atoms with Crippen LogP contribution in [0.15, 0.2) is 0 Å². The van der Waals surface area contributed by atoms with Gasteiger partial charge in [-0.2, -0.15) is 0 Å². The van der Waals surface area contributed by atoms with Gasteiger partial charge in [-0.3, -0.25) is 4.79 Å². The summed E-state index contributed by atoms with van der Waals surface area (Å²) in [4.78, 5) is 13.6. The minimum atomic E-state index is -0.175. The van der Waals surface area contributed by atoms with E-state index in [1.54, 1.807) is 0 Å². The first-order valence-electron chi connectivity index (χ1n) is 5.02. The summed E-state index contributed by atoms with van der Waals surface area (Å²) in [7, 11) is 0. The predicted molar refractivity (Wildman–Crippen MR) is 51.0 cm³/mol. The zero-order valence-corrected chi connectivity index (χ0v) is 8.58. The van der Waals surface area contributed by atoms with E-state index in [0.29, 0.717) is 17.9 Å². The van der Waals surface area contributed by atoms with Gasteiger partial charge in [-0.25, -0.2) is 0 Å². The van der Waals surface area contributed by atoms with Crippen molar-refractivity contribution in [2.75, 3.05) is 13.1 Å². The first kappa shape index (κ1) is 9.00. The number of piperidine rings is 1. The number of primary amides is 1. The average Bonchev–Trinajstić information content (AvgIpc) is 2.49. The molecule has 1 saturated heterocycles. The van der Waals surface area contributed by atoms with Crippen LogP contribution in [0.5, 0.6) is 0 Å². The molecule has 1 amide bonds. The third kappa shape index (κ3) is 1.03. The molecule has 74 valence electrons. The fraction of sp³-hybridized carbons (Fsp3) is 0.900. The minimum Gasteiger partial charge on any atom is -0.369 e. The Morgan fingerprint density at radius 1 is 1.46 bits per heavy atom. The van der Waals surface area contributed by atoms with E-state index >= 15 is 0 Å². The molecule has 0 radical (unpaired) electrons. The lowest BCUT2D eigenvalue weighted by Crippen LogP contribution is -2.37. The molecule has 1 heterocycles. The van der Waals surface area contributed by atoms with E-state index in [0.717, 1.165) is 13.1 Å². The standard InChI is InChI=1S/C10H18N2O/c1-6(2)12-4-7-8(5-12)10(7,3)9(11)13/h6-8H,4-5H2,1-3H3,(H2,11,13). The maximum atomic E-state index is 11.2. The molecule has 3 heteroatoms. The number of rotatable bonds is 2. The SMILES string of the molecule is CC(C)N1CC2C(C1)C2(C)C(N)=O. The van der Waals surface area contributed by atoms with Gasteiger partial charge in [0.1, 0.15) is 0 Å². The summed E-state index contributed by atoms with van der Waals surface area (Å²) < 4.78 is 0. The summed E-state index contributed by atoms with van der Waals surface area (Å²) in [5.41, 5.74) is 5.21. The fourth-order valence-electron chi connectivity index (χ4n) is 2.70. The number of fused-ring (bicyclic) bond motifs is 1. The Balaban J connectivity index is 2.01. The van der Waals surface area contributed by atoms with E-state index in [-0.39, 0.29) is 11.3 Å². The van der Waals surface area contributed by atoms with Crippen LogP contribution >= 0.6 is 0 Å². The molecule has 0 aromatic rings. The number of carbonyl (C=O) groups excluding carboxylic acids is 1. The molecule has 0 aromatic heterocycles. The van der Waals surface area contributed by atoms with Gasteiger partial charge in [-0.1, -0.05) is 6.92 Å². The Bertz CT molecular complexity index is 237. The molecule has 13 heavy (non-hydrogen) atoms. The van der Waals surface area contributed by atoms with Gasteiger partial charge in [-0.05, 0) is 25.7 Å². The van der Waals surface area contributed by atoms with Crippen molar-refractivity contribution in [3.8, 4) is 0 Å². The smallest absolute Gasteiger partial charge is 0.224 e. The second-order valence-electron chi connectivity index (χ2n) is 4.91. The predicted octanol–water partition coefficient (Wildman–Crippen LogP) is 0.448. The second-order valence-corrected chi connectivity index (χ2v) is 4.91. The molecule has 2 N–H and O–H groups in total. The molecule has 2 fully saturated rings. The molecule has 1 aliphatic carbocycles. The van der Waals surface area contributed by atoms with Crippen LogP contribution in [-0.2, 0) is 4.79 Å². The molecule has 1 saturated carbocycles. The first-order chi connectivity index (χ1) is 5.98. The summed E-state index contributed by atoms with van der Waals surface area (Å²) in [6.07, 6.45) is 0. The second kappa shape index (κ2) is 2.47. The Labute approximate surface area is 79.3 Å². The number of carbonyl (C=O) groups is 1. The molecule has 2 unspecified atom stereocenters. The molecule has 2 atom stereocenters. The van der Waals surface area contributed by atoms with Crippen LogP contribution in [0.2, 0.25) is 0 Å². The molecular formula is C10H18N2O. The van der Waals surface area contributed by atoms with Crippen LogP contribution in [0.3, 0.4) is 0 Å². The molecule has 0 spiro atoms. The molecule has 2 rings (SSSR count). The van der Waals surface area contributed by atoms with Crippen molar-refractivity contribution in [3.05, 3.63) is 0 Å². The van der Waals surface area contributed by atoms with Crippen molar-refractivity contribution in [3.63, 3.8) is 0 Å². The third-order valence-electron chi connectivity index (χ3n) is 4.04. The Morgan fingerprint density at radius 3 is 2.23 bits per heavy atom. The van der Waals surface area contributed by atoms with Crippen molar-refractivity contribution in [1.29, 1.82) is 0 Å². The van der Waals surface area contributed by atoms with Gasteiger partial charge in [0, 0.05) is 19.1 Å². The van der Waals surface area contributed by atoms with Gasteiger partial charge >= 0.3 is 0 Å². The van der Waals surface area contributed by atoms with E-state index in [2.05, 4.69) is 18.7 Å². The third-order valence-corrected chi connectivity index (χ3v) is 4.04. The fourth-order valence-corrected chi connectivity index (χ4v) is 2.70. The monoisotopic (exact) mass is 182 g/mol. The summed E-state index contributed by atoms with van der Waals surface area (Å²) in [5, 5.41) is 0. The highest BCUT2D eigenvalue weighted by atomic mass is 16.1. The summed E-state index contributed by atoms with van der Waals surface area (Å²) in [5.74, 6) is 0.964. The van der Waals surface area contributed by atoms with Crippen LogP contribution in [0.4, 0.5) is 0 Å². The summed E-state index contributed by atoms with van der Waals surface area (Å²) in [6.45, 7) is 8.53. The van der Waals surface area contributed by atoms with Gasteiger partial charge in [-0.15, -0.1) is 0 Å². The van der Waals surface area contributed by atoms with Crippen molar-refractivity contribution in [2.45, 2.75) is 26.8 Å². The quantitative estimate of drug-likeness (QED) is 0.674. The van der Waals surface area contributed by atoms with Crippen LogP contribution in [0.1, 0.15) is 20.8 Å². The van der Waals surface area contributed by atoms with Gasteiger partial charge in [0.25, 0.3) is 0 Å². The maximum Gasteiger partial charge on any atom is 0.224 e. The molecule has 0 bridgehead atoms. The zero-order chi connectivity index (χ0) is 9.80. The normalized spacial score (nSPS) is 43.7. The number of hydrogen-bond acceptors (Lipinski definition) is 2. The number of hydrogen-bond donors (Lipinski definition) is 1. The van der Waals surface area contributed by atoms with E-state index in [1.807, 2.05) is 6.92 Å². The van der Waals surface area contributed by atoms with Crippen molar-refractivity contribution >= 4 is 5.91 Å². The van der Waals surface area contributed by atoms with Gasteiger partial charge < -0.3 is 10.6 Å². The van der Waals surface area contributed by atoms with Crippen molar-refractivity contribution in [2.24, 2.45) is 23.0 Å². The molecule has 3 nitrogen and oxygen atoms in total. The van der Waals surface area contributed by atoms with Crippen LogP contribution in [-0.4, -0.2) is 29.9 Å². The van der Waals surface area contributed by atoms with Crippen LogP contribution in [0, 0.1) is 17.3 Å². The number of nitrogens with zero attached hydrogens (tertiary/aromatic N) is 1. The zero-order valence-electron chi connectivity index (χ0n) is 8.58. The molecule has 1 aliphatic heterocycles. The van der Waals surface area contributed by atoms with E-state index < -0.39 is 0 Å². The van der Waals surface area contributed by atoms with Gasteiger partial charge in [0.05, 0.1) is 5.41 Å². The highest BCUT2D eigenvalue weighted by Crippen LogP contribution is 2.62. The lowest BCUT2D eigenvalue weighted by atomic mass is 10.0. The van der Waals surface area contributed by atoms with E-state index in [1.165, 1.54) is 0 Å². The number of likely N-dealkylation sites (tertiary alicyclic amines) is 1. The van der Waals surface area contributed by atoms with Crippen molar-refractivity contribution < 1.29 is 4.79 Å². The Kier molecular flexibility index (Phi) is 1.71. The highest BCUT2D eigenvalue weighted by molar-refractivity contribution is 5.85. The van der Waals surface area contributed by atoms with E-state index in [9.17, 15) is 4.79 Å². The van der Waals surface area contributed by atoms with Crippen molar-refractivity contribution in [1.82, 2.24) is 4.90 Å². The van der Waals surface area contributed by atoms with E-state index in [4.69, 9.17) is 5.73 Å². The molecule has 0 aromatic carbocycles. The topological polar surface area (TPSA) is 46.3 Å². The Hall–Kier alpha value is -0.570. The maximum absolute atomic E-state index is 11.2. The Morgan fingerprint density at radius 2 is 1.92 bits per heavy atom. The molecular weight excluding hydrogens is 164 g/mol. The van der Waals surface area contributed by atoms with Crippen LogP contribution < -0.4 is 5.73 Å². The lowest BCUT2D eigenvalue weighted by Gasteiger charge is -2.25. The highest BCUT2D eigenvalue weighted by Gasteiger charge is 2.68. The largest absolute Gasteiger partial charge is 0.369 e. The lowest BCUT2D eigenvalue weighted by molar-refractivity contribution is -0.124. The number of nitrogens with two attached hydrogens (primary N) is 1. The van der Waals surface area contributed by atoms with Gasteiger partial charge in [0.15, 0.2) is 0 Å². The molecule has 2 aliphatic rings. The summed E-state index contributed by atoms with van der Waals surface area (Å²) >= 11 is 0.